The van der Waals surface area contributed by atoms with Crippen LogP contribution in [-0.4, -0.2) is 5.78 Å². The number of rotatable bonds is 1. The van der Waals surface area contributed by atoms with Crippen LogP contribution in [0.1, 0.15) is 72.1 Å². The number of carbonyl (C=O) groups is 1. The minimum absolute atomic E-state index is 0.319. The first-order valence-corrected chi connectivity index (χ1v) is 9.75. The first kappa shape index (κ1) is 15.7. The molecule has 4 aliphatic carbocycles. The Morgan fingerprint density at radius 3 is 2.61 bits per heavy atom. The van der Waals surface area contributed by atoms with Crippen LogP contribution in [0, 0.1) is 34.5 Å². The summed E-state index contributed by atoms with van der Waals surface area (Å²) in [7, 11) is 0. The van der Waals surface area contributed by atoms with Crippen LogP contribution >= 0.6 is 0 Å². The largest absolute Gasteiger partial charge is 0.295 e. The van der Waals surface area contributed by atoms with Gasteiger partial charge >= 0.3 is 0 Å². The van der Waals surface area contributed by atoms with Crippen LogP contribution in [0.15, 0.2) is 23.8 Å². The van der Waals surface area contributed by atoms with Crippen molar-refractivity contribution in [2.24, 2.45) is 34.5 Å². The molecule has 0 N–H and O–H groups in total. The Hall–Kier alpha value is -0.850. The first-order valence-electron chi connectivity index (χ1n) is 9.75. The van der Waals surface area contributed by atoms with Crippen molar-refractivity contribution in [3.05, 3.63) is 23.8 Å². The van der Waals surface area contributed by atoms with Gasteiger partial charge in [-0.2, -0.15) is 0 Å². The van der Waals surface area contributed by atoms with E-state index in [2.05, 4.69) is 27.4 Å². The van der Waals surface area contributed by atoms with E-state index in [0.29, 0.717) is 16.6 Å². The lowest BCUT2D eigenvalue weighted by Crippen LogP contribution is -2.50. The Morgan fingerprint density at radius 1 is 1.09 bits per heavy atom. The standard InChI is InChI=1S/C22H32O/c1-14(2)18-7-8-19-17-6-5-15-13-16(23)9-11-21(15,3)20(17)10-12-22(18,19)4/h13,17-20H,1,5-12H2,2-4H3/t17-,18+,19?,20-,21-,22+/m0/s1. The molecule has 0 saturated heterocycles. The van der Waals surface area contributed by atoms with Gasteiger partial charge in [0, 0.05) is 6.42 Å². The molecular formula is C22H32O. The monoisotopic (exact) mass is 312 g/mol. The third kappa shape index (κ3) is 2.07. The summed E-state index contributed by atoms with van der Waals surface area (Å²) in [5.74, 6) is 3.70. The summed E-state index contributed by atoms with van der Waals surface area (Å²) in [6, 6.07) is 0. The molecule has 1 heteroatoms. The number of carbonyl (C=O) groups excluding carboxylic acids is 1. The summed E-state index contributed by atoms with van der Waals surface area (Å²) >= 11 is 0. The van der Waals surface area contributed by atoms with Gasteiger partial charge in [-0.3, -0.25) is 4.79 Å². The van der Waals surface area contributed by atoms with E-state index in [-0.39, 0.29) is 0 Å². The minimum Gasteiger partial charge on any atom is -0.295 e. The molecule has 0 amide bonds. The van der Waals surface area contributed by atoms with E-state index in [4.69, 9.17) is 0 Å². The molecule has 4 rings (SSSR count). The maximum atomic E-state index is 11.9. The van der Waals surface area contributed by atoms with Crippen molar-refractivity contribution in [3.8, 4) is 0 Å². The van der Waals surface area contributed by atoms with Gasteiger partial charge in [-0.1, -0.05) is 31.6 Å². The van der Waals surface area contributed by atoms with E-state index in [1.54, 1.807) is 0 Å². The van der Waals surface area contributed by atoms with Gasteiger partial charge in [0.25, 0.3) is 0 Å². The van der Waals surface area contributed by atoms with E-state index in [9.17, 15) is 4.79 Å². The highest BCUT2D eigenvalue weighted by Gasteiger charge is 2.58. The van der Waals surface area contributed by atoms with Gasteiger partial charge < -0.3 is 0 Å². The number of hydrogen-bond donors (Lipinski definition) is 0. The van der Waals surface area contributed by atoms with Crippen molar-refractivity contribution in [1.29, 1.82) is 0 Å². The first-order chi connectivity index (χ1) is 10.9. The molecule has 6 atom stereocenters. The van der Waals surface area contributed by atoms with Crippen LogP contribution in [0.5, 0.6) is 0 Å². The molecule has 0 aromatic carbocycles. The zero-order valence-electron chi connectivity index (χ0n) is 15.2. The highest BCUT2D eigenvalue weighted by molar-refractivity contribution is 5.91. The molecule has 1 nitrogen and oxygen atoms in total. The SMILES string of the molecule is C=C(C)[C@H]1CCC2[C@@H]3CCC4=CC(=O)CC[C@]4(C)[C@H]3CC[C@@]21C. The summed E-state index contributed by atoms with van der Waals surface area (Å²) in [4.78, 5) is 11.9. The fourth-order valence-electron chi connectivity index (χ4n) is 7.37. The quantitative estimate of drug-likeness (QED) is 0.567. The lowest BCUT2D eigenvalue weighted by atomic mass is 9.46. The Labute approximate surface area is 141 Å². The molecule has 4 aliphatic rings. The second kappa shape index (κ2) is 5.07. The average Bonchev–Trinajstić information content (AvgIpc) is 2.85. The van der Waals surface area contributed by atoms with Crippen molar-refractivity contribution in [2.45, 2.75) is 72.1 Å². The zero-order chi connectivity index (χ0) is 16.4. The minimum atomic E-state index is 0.319. The van der Waals surface area contributed by atoms with Gasteiger partial charge in [0.2, 0.25) is 0 Å². The predicted molar refractivity (Wildman–Crippen MR) is 95.0 cm³/mol. The molecule has 0 bridgehead atoms. The van der Waals surface area contributed by atoms with Gasteiger partial charge in [-0.25, -0.2) is 0 Å². The summed E-state index contributed by atoms with van der Waals surface area (Å²) in [6.07, 6.45) is 11.9. The summed E-state index contributed by atoms with van der Waals surface area (Å²) < 4.78 is 0. The number of allylic oxidation sites excluding steroid dienone is 2. The van der Waals surface area contributed by atoms with Crippen molar-refractivity contribution < 1.29 is 4.79 Å². The normalized spacial score (nSPS) is 49.0. The van der Waals surface area contributed by atoms with Gasteiger partial charge in [-0.15, -0.1) is 0 Å². The molecule has 0 aromatic heterocycles. The maximum Gasteiger partial charge on any atom is 0.155 e. The topological polar surface area (TPSA) is 17.1 Å². The Balaban J connectivity index is 1.67. The average molecular weight is 312 g/mol. The Kier molecular flexibility index (Phi) is 3.45. The molecule has 0 spiro atoms. The molecule has 0 radical (unpaired) electrons. The summed E-state index contributed by atoms with van der Waals surface area (Å²) in [5.41, 5.74) is 3.72. The van der Waals surface area contributed by atoms with Crippen LogP contribution in [0.4, 0.5) is 0 Å². The van der Waals surface area contributed by atoms with E-state index in [0.717, 1.165) is 36.5 Å². The maximum absolute atomic E-state index is 11.9. The van der Waals surface area contributed by atoms with Gasteiger partial charge in [0.1, 0.15) is 0 Å². The zero-order valence-corrected chi connectivity index (χ0v) is 15.2. The number of hydrogen-bond acceptors (Lipinski definition) is 1. The lowest BCUT2D eigenvalue weighted by molar-refractivity contribution is -0.117. The highest BCUT2D eigenvalue weighted by atomic mass is 16.1. The smallest absolute Gasteiger partial charge is 0.155 e. The molecule has 3 fully saturated rings. The molecule has 0 heterocycles. The van der Waals surface area contributed by atoms with Crippen molar-refractivity contribution >= 4 is 5.78 Å². The van der Waals surface area contributed by atoms with Gasteiger partial charge in [0.05, 0.1) is 0 Å². The second-order valence-electron chi connectivity index (χ2n) is 9.49. The second-order valence-corrected chi connectivity index (χ2v) is 9.49. The van der Waals surface area contributed by atoms with E-state index in [1.165, 1.54) is 49.7 Å². The Morgan fingerprint density at radius 2 is 1.87 bits per heavy atom. The van der Waals surface area contributed by atoms with Gasteiger partial charge in [-0.05, 0) is 92.4 Å². The third-order valence-electron chi connectivity index (χ3n) is 8.56. The fourth-order valence-corrected chi connectivity index (χ4v) is 7.37. The van der Waals surface area contributed by atoms with E-state index in [1.807, 2.05) is 6.08 Å². The summed E-state index contributed by atoms with van der Waals surface area (Å²) in [5, 5.41) is 0. The van der Waals surface area contributed by atoms with Gasteiger partial charge in [0.15, 0.2) is 5.78 Å². The van der Waals surface area contributed by atoms with E-state index >= 15 is 0 Å². The van der Waals surface area contributed by atoms with E-state index < -0.39 is 0 Å². The molecule has 23 heavy (non-hydrogen) atoms. The lowest BCUT2D eigenvalue weighted by Gasteiger charge is -2.58. The molecule has 0 aromatic rings. The Bertz CT molecular complexity index is 585. The molecule has 1 unspecified atom stereocenters. The van der Waals surface area contributed by atoms with Crippen LogP contribution in [0.3, 0.4) is 0 Å². The fraction of sp³-hybridized carbons (Fsp3) is 0.773. The summed E-state index contributed by atoms with van der Waals surface area (Å²) in [6.45, 7) is 11.6. The van der Waals surface area contributed by atoms with Crippen molar-refractivity contribution in [3.63, 3.8) is 0 Å². The highest BCUT2D eigenvalue weighted by Crippen LogP contribution is 2.67. The molecular weight excluding hydrogens is 280 g/mol. The third-order valence-corrected chi connectivity index (χ3v) is 8.56. The van der Waals surface area contributed by atoms with Crippen molar-refractivity contribution in [2.75, 3.05) is 0 Å². The van der Waals surface area contributed by atoms with Crippen molar-refractivity contribution in [1.82, 2.24) is 0 Å². The van der Waals surface area contributed by atoms with Crippen LogP contribution in [0.25, 0.3) is 0 Å². The molecule has 3 saturated carbocycles. The van der Waals surface area contributed by atoms with Crippen LogP contribution in [0.2, 0.25) is 0 Å². The number of fused-ring (bicyclic) bond motifs is 5. The van der Waals surface area contributed by atoms with Crippen LogP contribution in [-0.2, 0) is 4.79 Å². The molecule has 0 aliphatic heterocycles. The molecule has 126 valence electrons. The predicted octanol–water partition coefficient (Wildman–Crippen LogP) is 5.71. The van der Waals surface area contributed by atoms with Crippen LogP contribution < -0.4 is 0 Å². The number of ketones is 1.